The lowest BCUT2D eigenvalue weighted by Crippen LogP contribution is -2.29. The van der Waals surface area contributed by atoms with E-state index >= 15 is 0 Å². The number of halogens is 2. The lowest BCUT2D eigenvalue weighted by atomic mass is 9.84. The van der Waals surface area contributed by atoms with E-state index in [4.69, 9.17) is 23.2 Å². The predicted molar refractivity (Wildman–Crippen MR) is 69.8 cm³/mol. The summed E-state index contributed by atoms with van der Waals surface area (Å²) in [6, 6.07) is 4.35. The molecule has 0 atom stereocenters. The summed E-state index contributed by atoms with van der Waals surface area (Å²) < 4.78 is 0. The Morgan fingerprint density at radius 3 is 2.06 bits per heavy atom. The fourth-order valence-corrected chi connectivity index (χ4v) is 1.73. The topological polar surface area (TPSA) is 34.1 Å². The van der Waals surface area contributed by atoms with Crippen LogP contribution in [0.5, 0.6) is 0 Å². The van der Waals surface area contributed by atoms with E-state index in [2.05, 4.69) is 6.58 Å². The summed E-state index contributed by atoms with van der Waals surface area (Å²) in [7, 11) is 0. The van der Waals surface area contributed by atoms with Gasteiger partial charge in [0.25, 0.3) is 0 Å². The van der Waals surface area contributed by atoms with E-state index in [1.54, 1.807) is 13.8 Å². The second-order valence-corrected chi connectivity index (χ2v) is 5.12. The Labute approximate surface area is 110 Å². The van der Waals surface area contributed by atoms with Crippen LogP contribution in [0.1, 0.15) is 24.2 Å². The zero-order valence-corrected chi connectivity index (χ0v) is 11.1. The second-order valence-electron chi connectivity index (χ2n) is 4.24. The van der Waals surface area contributed by atoms with Crippen molar-refractivity contribution in [1.29, 1.82) is 0 Å². The maximum Gasteiger partial charge on any atom is 0.229 e. The van der Waals surface area contributed by atoms with Crippen molar-refractivity contribution in [1.82, 2.24) is 0 Å². The Hall–Kier alpha value is -1.12. The number of carbonyl (C=O) groups is 2. The Bertz CT molecular complexity index is 470. The number of Topliss-reactive ketones (excluding diaryl/α,β-unsaturated/α-hetero) is 2. The fourth-order valence-electron chi connectivity index (χ4n) is 1.20. The van der Waals surface area contributed by atoms with Gasteiger partial charge in [0.2, 0.25) is 11.6 Å². The minimum atomic E-state index is -0.897. The van der Waals surface area contributed by atoms with Crippen molar-refractivity contribution in [2.75, 3.05) is 0 Å². The van der Waals surface area contributed by atoms with Gasteiger partial charge in [0.05, 0.1) is 0 Å². The molecule has 1 rings (SSSR count). The smallest absolute Gasteiger partial charge is 0.229 e. The molecule has 0 bridgehead atoms. The summed E-state index contributed by atoms with van der Waals surface area (Å²) in [6.45, 7) is 6.80. The van der Waals surface area contributed by atoms with Crippen LogP contribution in [-0.2, 0) is 4.79 Å². The molecular formula is C13H12Cl2O2. The summed E-state index contributed by atoms with van der Waals surface area (Å²) in [4.78, 5) is 23.9. The zero-order valence-electron chi connectivity index (χ0n) is 9.59. The van der Waals surface area contributed by atoms with Gasteiger partial charge in [-0.15, -0.1) is 6.58 Å². The molecule has 2 nitrogen and oxygen atoms in total. The van der Waals surface area contributed by atoms with Crippen LogP contribution >= 0.6 is 23.2 Å². The van der Waals surface area contributed by atoms with E-state index in [0.717, 1.165) is 0 Å². The lowest BCUT2D eigenvalue weighted by Gasteiger charge is -2.16. The largest absolute Gasteiger partial charge is 0.290 e. The molecule has 1 aromatic carbocycles. The van der Waals surface area contributed by atoms with Gasteiger partial charge in [-0.05, 0) is 32.0 Å². The van der Waals surface area contributed by atoms with E-state index < -0.39 is 17.0 Å². The average molecular weight is 271 g/mol. The standard InChI is InChI=1S/C13H12Cl2O2/c1-4-13(2,3)12(17)11(16)8-5-9(14)7-10(15)6-8/h4-7H,1H2,2-3H3. The minimum Gasteiger partial charge on any atom is -0.290 e. The van der Waals surface area contributed by atoms with E-state index in [1.807, 2.05) is 0 Å². The highest BCUT2D eigenvalue weighted by Crippen LogP contribution is 2.24. The Morgan fingerprint density at radius 2 is 1.65 bits per heavy atom. The first kappa shape index (κ1) is 13.9. The van der Waals surface area contributed by atoms with Crippen LogP contribution in [0, 0.1) is 5.41 Å². The lowest BCUT2D eigenvalue weighted by molar-refractivity contribution is -0.120. The molecule has 90 valence electrons. The Kier molecular flexibility index (Phi) is 4.12. The molecule has 0 amide bonds. The van der Waals surface area contributed by atoms with Crippen LogP contribution in [-0.4, -0.2) is 11.6 Å². The molecule has 0 fully saturated rings. The van der Waals surface area contributed by atoms with Crippen LogP contribution in [0.15, 0.2) is 30.9 Å². The quantitative estimate of drug-likeness (QED) is 0.472. The third kappa shape index (κ3) is 3.18. The molecule has 0 N–H and O–H groups in total. The molecule has 0 saturated carbocycles. The van der Waals surface area contributed by atoms with Gasteiger partial charge in [-0.25, -0.2) is 0 Å². The van der Waals surface area contributed by atoms with Crippen molar-refractivity contribution in [3.63, 3.8) is 0 Å². The van der Waals surface area contributed by atoms with E-state index in [9.17, 15) is 9.59 Å². The van der Waals surface area contributed by atoms with E-state index in [1.165, 1.54) is 24.3 Å². The Balaban J connectivity index is 3.13. The summed E-state index contributed by atoms with van der Waals surface area (Å²) in [6.07, 6.45) is 1.44. The van der Waals surface area contributed by atoms with Crippen LogP contribution < -0.4 is 0 Å². The number of benzene rings is 1. The molecule has 0 saturated heterocycles. The number of hydrogen-bond acceptors (Lipinski definition) is 2. The third-order valence-electron chi connectivity index (χ3n) is 2.43. The van der Waals surface area contributed by atoms with E-state index in [-0.39, 0.29) is 5.56 Å². The van der Waals surface area contributed by atoms with Crippen LogP contribution in [0.4, 0.5) is 0 Å². The molecule has 4 heteroatoms. The normalized spacial score (nSPS) is 11.1. The highest BCUT2D eigenvalue weighted by atomic mass is 35.5. The van der Waals surface area contributed by atoms with Crippen molar-refractivity contribution in [3.05, 3.63) is 46.5 Å². The second kappa shape index (κ2) is 5.03. The maximum absolute atomic E-state index is 11.9. The van der Waals surface area contributed by atoms with Crippen LogP contribution in [0.2, 0.25) is 10.0 Å². The molecule has 0 aliphatic heterocycles. The van der Waals surface area contributed by atoms with Crippen molar-refractivity contribution in [2.45, 2.75) is 13.8 Å². The summed E-state index contributed by atoms with van der Waals surface area (Å²) in [5.41, 5.74) is -0.700. The summed E-state index contributed by atoms with van der Waals surface area (Å²) >= 11 is 11.6. The van der Waals surface area contributed by atoms with Crippen LogP contribution in [0.3, 0.4) is 0 Å². The predicted octanol–water partition coefficient (Wildman–Crippen LogP) is 3.96. The molecule has 0 heterocycles. The third-order valence-corrected chi connectivity index (χ3v) is 2.86. The van der Waals surface area contributed by atoms with Gasteiger partial charge in [-0.1, -0.05) is 29.3 Å². The number of allylic oxidation sites excluding steroid dienone is 1. The number of carbonyl (C=O) groups excluding carboxylic acids is 2. The average Bonchev–Trinajstić information content (AvgIpc) is 2.25. The van der Waals surface area contributed by atoms with Gasteiger partial charge in [0, 0.05) is 21.0 Å². The number of hydrogen-bond donors (Lipinski definition) is 0. The first-order valence-electron chi connectivity index (χ1n) is 4.97. The first-order valence-corrected chi connectivity index (χ1v) is 5.72. The first-order chi connectivity index (χ1) is 7.77. The maximum atomic E-state index is 11.9. The molecule has 0 radical (unpaired) electrons. The van der Waals surface area contributed by atoms with Gasteiger partial charge in [-0.2, -0.15) is 0 Å². The van der Waals surface area contributed by atoms with Crippen molar-refractivity contribution in [3.8, 4) is 0 Å². The molecule has 1 aromatic rings. The molecule has 0 aliphatic carbocycles. The molecular weight excluding hydrogens is 259 g/mol. The highest BCUT2D eigenvalue weighted by molar-refractivity contribution is 6.46. The van der Waals surface area contributed by atoms with E-state index in [0.29, 0.717) is 10.0 Å². The SMILES string of the molecule is C=CC(C)(C)C(=O)C(=O)c1cc(Cl)cc(Cl)c1. The van der Waals surface area contributed by atoms with Gasteiger partial charge >= 0.3 is 0 Å². The highest BCUT2D eigenvalue weighted by Gasteiger charge is 2.30. The number of ketones is 2. The van der Waals surface area contributed by atoms with Gasteiger partial charge in [0.1, 0.15) is 0 Å². The van der Waals surface area contributed by atoms with Gasteiger partial charge in [0.15, 0.2) is 0 Å². The minimum absolute atomic E-state index is 0.197. The monoisotopic (exact) mass is 270 g/mol. The van der Waals surface area contributed by atoms with Gasteiger partial charge < -0.3 is 0 Å². The molecule has 0 unspecified atom stereocenters. The molecule has 0 aromatic heterocycles. The van der Waals surface area contributed by atoms with Crippen molar-refractivity contribution >= 4 is 34.8 Å². The Morgan fingerprint density at radius 1 is 1.18 bits per heavy atom. The molecule has 17 heavy (non-hydrogen) atoms. The van der Waals surface area contributed by atoms with Crippen LogP contribution in [0.25, 0.3) is 0 Å². The van der Waals surface area contributed by atoms with Crippen molar-refractivity contribution < 1.29 is 9.59 Å². The summed E-state index contributed by atoms with van der Waals surface area (Å²) in [5, 5.41) is 0.648. The summed E-state index contributed by atoms with van der Waals surface area (Å²) in [5.74, 6) is -1.15. The van der Waals surface area contributed by atoms with Gasteiger partial charge in [-0.3, -0.25) is 9.59 Å². The molecule has 0 aliphatic rings. The van der Waals surface area contributed by atoms with Crippen molar-refractivity contribution in [2.24, 2.45) is 5.41 Å². The number of rotatable bonds is 4. The fraction of sp³-hybridized carbons (Fsp3) is 0.231. The molecule has 0 spiro atoms. The zero-order chi connectivity index (χ0) is 13.2.